The maximum absolute atomic E-state index is 5.34. The summed E-state index contributed by atoms with van der Waals surface area (Å²) in [5.74, 6) is 2.78. The molecule has 2 N–H and O–H groups in total. The second-order valence-electron chi connectivity index (χ2n) is 6.70. The van der Waals surface area contributed by atoms with Gasteiger partial charge in [0.05, 0.1) is 5.69 Å². The van der Waals surface area contributed by atoms with E-state index in [0.29, 0.717) is 12.5 Å². The zero-order valence-corrected chi connectivity index (χ0v) is 17.7. The van der Waals surface area contributed by atoms with Crippen LogP contribution in [0.5, 0.6) is 0 Å². The summed E-state index contributed by atoms with van der Waals surface area (Å²) in [4.78, 5) is 7.00. The van der Waals surface area contributed by atoms with E-state index < -0.39 is 0 Å². The minimum Gasteiger partial charge on any atom is -0.359 e. The lowest BCUT2D eigenvalue weighted by molar-refractivity contribution is 0.220. The summed E-state index contributed by atoms with van der Waals surface area (Å²) in [7, 11) is 2.19. The van der Waals surface area contributed by atoms with Crippen LogP contribution in [0.1, 0.15) is 51.0 Å². The fraction of sp³-hybridized carbons (Fsp3) is 0.765. The number of halogens is 1. The molecule has 7 heteroatoms. The first kappa shape index (κ1) is 21.2. The number of hydrogen-bond donors (Lipinski definition) is 2. The Morgan fingerprint density at radius 3 is 2.67 bits per heavy atom. The van der Waals surface area contributed by atoms with Gasteiger partial charge in [0.2, 0.25) is 0 Å². The van der Waals surface area contributed by atoms with E-state index in [1.807, 2.05) is 6.07 Å². The van der Waals surface area contributed by atoms with Gasteiger partial charge in [-0.05, 0) is 51.7 Å². The second-order valence-corrected chi connectivity index (χ2v) is 6.70. The van der Waals surface area contributed by atoms with Crippen molar-refractivity contribution in [1.29, 1.82) is 0 Å². The summed E-state index contributed by atoms with van der Waals surface area (Å²) < 4.78 is 5.34. The van der Waals surface area contributed by atoms with Crippen LogP contribution in [-0.2, 0) is 6.54 Å². The van der Waals surface area contributed by atoms with Crippen LogP contribution in [0.2, 0.25) is 0 Å². The largest absolute Gasteiger partial charge is 0.359 e. The first-order valence-corrected chi connectivity index (χ1v) is 8.74. The molecule has 0 bridgehead atoms. The van der Waals surface area contributed by atoms with E-state index in [-0.39, 0.29) is 24.0 Å². The van der Waals surface area contributed by atoms with Gasteiger partial charge in [-0.15, -0.1) is 24.0 Å². The van der Waals surface area contributed by atoms with Gasteiger partial charge in [0.1, 0.15) is 6.54 Å². The Kier molecular flexibility index (Phi) is 9.65. The van der Waals surface area contributed by atoms with Crippen LogP contribution in [0.3, 0.4) is 0 Å². The van der Waals surface area contributed by atoms with Gasteiger partial charge in [0.15, 0.2) is 11.7 Å². The third-order valence-corrected chi connectivity index (χ3v) is 4.30. The monoisotopic (exact) mass is 449 g/mol. The van der Waals surface area contributed by atoms with Crippen LogP contribution in [0.25, 0.3) is 0 Å². The summed E-state index contributed by atoms with van der Waals surface area (Å²) in [5.41, 5.74) is 0.986. The number of nitrogens with one attached hydrogen (secondary N) is 2. The molecule has 1 fully saturated rings. The molecule has 0 atom stereocenters. The number of piperidine rings is 1. The molecule has 2 heterocycles. The van der Waals surface area contributed by atoms with Gasteiger partial charge in [0, 0.05) is 19.2 Å². The number of likely N-dealkylation sites (tertiary alicyclic amines) is 1. The number of rotatable bonds is 6. The molecule has 1 aliphatic rings. The van der Waals surface area contributed by atoms with Crippen LogP contribution < -0.4 is 10.6 Å². The van der Waals surface area contributed by atoms with E-state index in [1.54, 1.807) is 0 Å². The average molecular weight is 449 g/mol. The quantitative estimate of drug-likeness (QED) is 0.397. The number of aliphatic imine (C=N–C) groups is 1. The Hall–Kier alpha value is -0.830. The third kappa shape index (κ3) is 6.96. The van der Waals surface area contributed by atoms with E-state index in [1.165, 1.54) is 25.9 Å². The van der Waals surface area contributed by atoms with Crippen LogP contribution >= 0.6 is 24.0 Å². The van der Waals surface area contributed by atoms with Crippen LogP contribution in [0.4, 0.5) is 0 Å². The Balaban J connectivity index is 0.00000288. The lowest BCUT2D eigenvalue weighted by Gasteiger charge is -2.29. The van der Waals surface area contributed by atoms with Crippen molar-refractivity contribution < 1.29 is 4.52 Å². The van der Waals surface area contributed by atoms with Crippen molar-refractivity contribution >= 4 is 29.9 Å². The van der Waals surface area contributed by atoms with Crippen LogP contribution in [0.15, 0.2) is 15.6 Å². The van der Waals surface area contributed by atoms with Crippen LogP contribution in [0, 0.1) is 5.92 Å². The molecule has 0 aromatic carbocycles. The molecule has 2 rings (SSSR count). The predicted molar refractivity (Wildman–Crippen MR) is 109 cm³/mol. The average Bonchev–Trinajstić information content (AvgIpc) is 3.01. The molecule has 6 nitrogen and oxygen atoms in total. The highest BCUT2D eigenvalue weighted by Gasteiger charge is 2.16. The maximum atomic E-state index is 5.34. The predicted octanol–water partition coefficient (Wildman–Crippen LogP) is 2.81. The van der Waals surface area contributed by atoms with Gasteiger partial charge < -0.3 is 20.1 Å². The summed E-state index contributed by atoms with van der Waals surface area (Å²) in [6.07, 6.45) is 2.51. The van der Waals surface area contributed by atoms with E-state index in [2.05, 4.69) is 53.5 Å². The van der Waals surface area contributed by atoms with Gasteiger partial charge in [-0.1, -0.05) is 19.0 Å². The Morgan fingerprint density at radius 2 is 2.08 bits per heavy atom. The Bertz CT molecular complexity index is 495. The number of hydrogen-bond acceptors (Lipinski definition) is 4. The Morgan fingerprint density at radius 1 is 1.38 bits per heavy atom. The van der Waals surface area contributed by atoms with Gasteiger partial charge >= 0.3 is 0 Å². The Labute approximate surface area is 162 Å². The van der Waals surface area contributed by atoms with Gasteiger partial charge in [-0.25, -0.2) is 4.99 Å². The van der Waals surface area contributed by atoms with Gasteiger partial charge in [-0.3, -0.25) is 0 Å². The summed E-state index contributed by atoms with van der Waals surface area (Å²) in [6.45, 7) is 11.0. The molecule has 24 heavy (non-hydrogen) atoms. The fourth-order valence-corrected chi connectivity index (χ4v) is 2.68. The normalized spacial score (nSPS) is 17.0. The molecule has 1 aliphatic heterocycles. The topological polar surface area (TPSA) is 65.7 Å². The minimum atomic E-state index is 0. The fourth-order valence-electron chi connectivity index (χ4n) is 2.68. The molecule has 1 aromatic rings. The van der Waals surface area contributed by atoms with Crippen molar-refractivity contribution in [1.82, 2.24) is 20.7 Å². The first-order valence-electron chi connectivity index (χ1n) is 8.74. The van der Waals surface area contributed by atoms with E-state index in [0.717, 1.165) is 36.4 Å². The molecular weight excluding hydrogens is 417 g/mol. The highest BCUT2D eigenvalue weighted by molar-refractivity contribution is 14.0. The molecule has 1 aromatic heterocycles. The number of aromatic nitrogens is 1. The van der Waals surface area contributed by atoms with E-state index in [4.69, 9.17) is 4.52 Å². The van der Waals surface area contributed by atoms with Crippen molar-refractivity contribution in [3.8, 4) is 0 Å². The molecule has 0 saturated carbocycles. The maximum Gasteiger partial charge on any atom is 0.191 e. The number of guanidine groups is 1. The lowest BCUT2D eigenvalue weighted by atomic mass is 9.97. The van der Waals surface area contributed by atoms with Crippen LogP contribution in [-0.4, -0.2) is 49.2 Å². The van der Waals surface area contributed by atoms with Gasteiger partial charge in [0.25, 0.3) is 0 Å². The van der Waals surface area contributed by atoms with Crippen molar-refractivity contribution in [3.05, 3.63) is 17.5 Å². The van der Waals surface area contributed by atoms with Crippen molar-refractivity contribution in [2.24, 2.45) is 10.9 Å². The first-order chi connectivity index (χ1) is 11.1. The molecule has 0 amide bonds. The van der Waals surface area contributed by atoms with Crippen molar-refractivity contribution in [3.63, 3.8) is 0 Å². The molecule has 138 valence electrons. The third-order valence-electron chi connectivity index (χ3n) is 4.30. The molecular formula is C17H32IN5O. The summed E-state index contributed by atoms with van der Waals surface area (Å²) in [6, 6.07) is 1.99. The summed E-state index contributed by atoms with van der Waals surface area (Å²) >= 11 is 0. The number of nitrogens with zero attached hydrogens (tertiary/aromatic N) is 3. The zero-order valence-electron chi connectivity index (χ0n) is 15.3. The second kappa shape index (κ2) is 10.9. The molecule has 1 saturated heterocycles. The standard InChI is InChI=1S/C17H31N5O.HI/c1-5-18-17(19-11-14-6-8-22(4)9-7-14)20-12-15-10-16(13(2)3)21-23-15;/h10,13-14H,5-9,11-12H2,1-4H3,(H2,18,19,20);1H. The molecule has 0 spiro atoms. The minimum absolute atomic E-state index is 0. The summed E-state index contributed by atoms with van der Waals surface area (Å²) in [5, 5.41) is 10.8. The molecule has 0 unspecified atom stereocenters. The van der Waals surface area contributed by atoms with Crippen molar-refractivity contribution in [2.75, 3.05) is 33.2 Å². The van der Waals surface area contributed by atoms with E-state index in [9.17, 15) is 0 Å². The highest BCUT2D eigenvalue weighted by Crippen LogP contribution is 2.15. The molecule has 0 aliphatic carbocycles. The smallest absolute Gasteiger partial charge is 0.191 e. The molecule has 0 radical (unpaired) electrons. The zero-order chi connectivity index (χ0) is 16.7. The highest BCUT2D eigenvalue weighted by atomic mass is 127. The van der Waals surface area contributed by atoms with Crippen molar-refractivity contribution in [2.45, 2.75) is 46.1 Å². The SMILES string of the molecule is CCNC(=NCc1cc(C(C)C)no1)NCC1CCN(C)CC1.I. The van der Waals surface area contributed by atoms with E-state index >= 15 is 0 Å². The van der Waals surface area contributed by atoms with Gasteiger partial charge in [-0.2, -0.15) is 0 Å². The lowest BCUT2D eigenvalue weighted by Crippen LogP contribution is -2.42.